The number of hydrogen-bond donors (Lipinski definition) is 1. The van der Waals surface area contributed by atoms with E-state index in [2.05, 4.69) is 24.4 Å². The highest BCUT2D eigenvalue weighted by atomic mass is 15.0. The highest BCUT2D eigenvalue weighted by molar-refractivity contribution is 5.43. The molecule has 3 unspecified atom stereocenters. The van der Waals surface area contributed by atoms with E-state index in [1.54, 1.807) is 5.57 Å². The van der Waals surface area contributed by atoms with E-state index in [0.29, 0.717) is 5.41 Å². The van der Waals surface area contributed by atoms with Crippen LogP contribution in [0, 0.1) is 23.2 Å². The van der Waals surface area contributed by atoms with Crippen molar-refractivity contribution in [2.75, 3.05) is 13.1 Å². The minimum Gasteiger partial charge on any atom is -0.316 e. The van der Waals surface area contributed by atoms with Gasteiger partial charge in [-0.05, 0) is 44.1 Å². The number of hydrogen-bond acceptors (Lipinski definition) is 1. The van der Waals surface area contributed by atoms with Gasteiger partial charge >= 0.3 is 0 Å². The molecular weight excluding hydrogens is 170 g/mol. The Morgan fingerprint density at radius 2 is 2.36 bits per heavy atom. The van der Waals surface area contributed by atoms with Crippen LogP contribution in [0.5, 0.6) is 0 Å². The second-order valence-electron chi connectivity index (χ2n) is 5.67. The van der Waals surface area contributed by atoms with Crippen molar-refractivity contribution in [2.45, 2.75) is 19.8 Å². The highest BCUT2D eigenvalue weighted by Crippen LogP contribution is 2.67. The largest absolute Gasteiger partial charge is 0.316 e. The lowest BCUT2D eigenvalue weighted by Gasteiger charge is -2.19. The van der Waals surface area contributed by atoms with Crippen LogP contribution in [0.25, 0.3) is 0 Å². The lowest BCUT2D eigenvalue weighted by atomic mass is 9.86. The molecule has 0 bridgehead atoms. The Kier molecular flexibility index (Phi) is 1.19. The van der Waals surface area contributed by atoms with Crippen LogP contribution in [0.2, 0.25) is 0 Å². The van der Waals surface area contributed by atoms with Gasteiger partial charge in [0.1, 0.15) is 0 Å². The smallest absolute Gasteiger partial charge is 0.00868 e. The lowest BCUT2D eigenvalue weighted by molar-refractivity contribution is 0.560. The van der Waals surface area contributed by atoms with Gasteiger partial charge in [0.25, 0.3) is 0 Å². The fourth-order valence-electron chi connectivity index (χ4n) is 3.84. The molecule has 0 radical (unpaired) electrons. The molecule has 2 saturated carbocycles. The third kappa shape index (κ3) is 0.762. The predicted molar refractivity (Wildman–Crippen MR) is 59.0 cm³/mol. The first-order valence-electron chi connectivity index (χ1n) is 5.91. The summed E-state index contributed by atoms with van der Waals surface area (Å²) < 4.78 is 0. The second-order valence-corrected chi connectivity index (χ2v) is 5.67. The number of nitrogens with one attached hydrogen (secondary N) is 1. The van der Waals surface area contributed by atoms with Gasteiger partial charge in [0.15, 0.2) is 0 Å². The maximum absolute atomic E-state index is 3.55. The third-order valence-electron chi connectivity index (χ3n) is 4.94. The van der Waals surface area contributed by atoms with E-state index in [1.807, 2.05) is 5.57 Å². The van der Waals surface area contributed by atoms with Gasteiger partial charge in [-0.15, -0.1) is 0 Å². The number of fused-ring (bicyclic) bond motifs is 2. The maximum Gasteiger partial charge on any atom is 0.00868 e. The lowest BCUT2D eigenvalue weighted by Crippen LogP contribution is -2.19. The molecule has 0 amide bonds. The molecular formula is C13H19N. The molecule has 1 saturated heterocycles. The topological polar surface area (TPSA) is 12.0 Å². The van der Waals surface area contributed by atoms with Crippen LogP contribution in [0.3, 0.4) is 0 Å². The minimum absolute atomic E-state index is 0. The van der Waals surface area contributed by atoms with E-state index >= 15 is 0 Å². The zero-order valence-corrected chi connectivity index (χ0v) is 8.72. The quantitative estimate of drug-likeness (QED) is 0.667. The van der Waals surface area contributed by atoms with Gasteiger partial charge in [-0.3, -0.25) is 0 Å². The maximum atomic E-state index is 3.55. The van der Waals surface area contributed by atoms with E-state index in [-0.39, 0.29) is 1.43 Å². The monoisotopic (exact) mass is 189 g/mol. The number of allylic oxidation sites excluding steroid dienone is 3. The summed E-state index contributed by atoms with van der Waals surface area (Å²) in [4.78, 5) is 0. The van der Waals surface area contributed by atoms with Gasteiger partial charge in [-0.2, -0.15) is 0 Å². The summed E-state index contributed by atoms with van der Waals surface area (Å²) >= 11 is 0. The summed E-state index contributed by atoms with van der Waals surface area (Å²) in [7, 11) is 0. The average molecular weight is 189 g/mol. The Bertz CT molecular complexity index is 371. The van der Waals surface area contributed by atoms with Crippen LogP contribution >= 0.6 is 0 Å². The molecule has 1 aliphatic heterocycles. The van der Waals surface area contributed by atoms with Crippen molar-refractivity contribution in [3.05, 3.63) is 23.3 Å². The van der Waals surface area contributed by atoms with Crippen molar-refractivity contribution in [2.24, 2.45) is 23.2 Å². The second kappa shape index (κ2) is 2.16. The van der Waals surface area contributed by atoms with Crippen molar-refractivity contribution >= 4 is 0 Å². The fourth-order valence-corrected chi connectivity index (χ4v) is 3.84. The zero-order valence-electron chi connectivity index (χ0n) is 8.72. The van der Waals surface area contributed by atoms with Crippen molar-refractivity contribution in [3.63, 3.8) is 0 Å². The molecule has 76 valence electrons. The van der Waals surface area contributed by atoms with Crippen LogP contribution in [-0.2, 0) is 0 Å². The zero-order chi connectivity index (χ0) is 9.34. The Labute approximate surface area is 86.8 Å². The fraction of sp³-hybridized carbons (Fsp3) is 0.692. The summed E-state index contributed by atoms with van der Waals surface area (Å²) in [5, 5.41) is 3.55. The van der Waals surface area contributed by atoms with Crippen LogP contribution < -0.4 is 5.32 Å². The van der Waals surface area contributed by atoms with Crippen molar-refractivity contribution in [1.82, 2.24) is 5.32 Å². The SMILES string of the molecule is CC1=CC=C([C@]23CNCC2C3)C2CC12.[HH]. The van der Waals surface area contributed by atoms with E-state index in [0.717, 1.165) is 17.8 Å². The molecule has 0 aromatic rings. The Morgan fingerprint density at radius 3 is 3.07 bits per heavy atom. The van der Waals surface area contributed by atoms with Crippen molar-refractivity contribution in [1.29, 1.82) is 0 Å². The molecule has 3 fully saturated rings. The molecule has 4 aliphatic rings. The normalized spacial score (nSPS) is 53.1. The summed E-state index contributed by atoms with van der Waals surface area (Å²) in [6.45, 7) is 4.84. The Morgan fingerprint density at radius 1 is 1.43 bits per heavy atom. The summed E-state index contributed by atoms with van der Waals surface area (Å²) in [5.41, 5.74) is 4.07. The van der Waals surface area contributed by atoms with Crippen LogP contribution in [0.4, 0.5) is 0 Å². The molecule has 0 aromatic heterocycles. The van der Waals surface area contributed by atoms with Crippen LogP contribution in [-0.4, -0.2) is 13.1 Å². The number of piperidine rings is 1. The first-order valence-corrected chi connectivity index (χ1v) is 5.91. The highest BCUT2D eigenvalue weighted by Gasteiger charge is 2.63. The molecule has 0 spiro atoms. The Balaban J connectivity index is 0.000000722. The summed E-state index contributed by atoms with van der Waals surface area (Å²) in [5.74, 6) is 2.87. The standard InChI is InChI=1S/C13H17N.H2/c1-8-2-3-12(11-4-10(8)11)13-5-9(13)6-14-7-13;/h2-3,9-11,14H,4-7H2,1H3;1H/t9?,10?,11?,13-;/m1./s1. The van der Waals surface area contributed by atoms with Gasteiger partial charge in [-0.25, -0.2) is 0 Å². The van der Waals surface area contributed by atoms with Gasteiger partial charge in [0, 0.05) is 13.4 Å². The van der Waals surface area contributed by atoms with E-state index in [9.17, 15) is 0 Å². The number of rotatable bonds is 1. The van der Waals surface area contributed by atoms with Crippen molar-refractivity contribution < 1.29 is 1.43 Å². The van der Waals surface area contributed by atoms with Gasteiger partial charge in [0.2, 0.25) is 0 Å². The first kappa shape index (κ1) is 7.70. The molecule has 1 heteroatoms. The first-order chi connectivity index (χ1) is 6.81. The molecule has 1 nitrogen and oxygen atoms in total. The van der Waals surface area contributed by atoms with E-state index in [4.69, 9.17) is 0 Å². The van der Waals surface area contributed by atoms with Crippen molar-refractivity contribution in [3.8, 4) is 0 Å². The third-order valence-corrected chi connectivity index (χ3v) is 4.94. The minimum atomic E-state index is 0. The van der Waals surface area contributed by atoms with E-state index in [1.165, 1.54) is 25.9 Å². The van der Waals surface area contributed by atoms with Gasteiger partial charge in [-0.1, -0.05) is 23.3 Å². The van der Waals surface area contributed by atoms with Crippen LogP contribution in [0.15, 0.2) is 23.3 Å². The van der Waals surface area contributed by atoms with E-state index < -0.39 is 0 Å². The average Bonchev–Trinajstić information content (AvgIpc) is 3.07. The van der Waals surface area contributed by atoms with Gasteiger partial charge in [0.05, 0.1) is 0 Å². The summed E-state index contributed by atoms with van der Waals surface area (Å²) in [6.07, 6.45) is 7.76. The molecule has 3 aliphatic carbocycles. The molecule has 0 aromatic carbocycles. The molecule has 14 heavy (non-hydrogen) atoms. The predicted octanol–water partition coefficient (Wildman–Crippen LogP) is 2.36. The van der Waals surface area contributed by atoms with Crippen LogP contribution in [0.1, 0.15) is 21.2 Å². The molecule has 1 heterocycles. The summed E-state index contributed by atoms with van der Waals surface area (Å²) in [6, 6.07) is 0. The Hall–Kier alpha value is -0.560. The van der Waals surface area contributed by atoms with Gasteiger partial charge < -0.3 is 5.32 Å². The molecule has 4 rings (SSSR count). The molecule has 4 atom stereocenters. The molecule has 1 N–H and O–H groups in total.